The molecule has 14 rings (SSSR count). The molecule has 440 valence electrons. The minimum absolute atomic E-state index is 0.00683. The highest BCUT2D eigenvalue weighted by atomic mass is 31.2. The highest BCUT2D eigenvalue weighted by molar-refractivity contribution is 7.46. The summed E-state index contributed by atoms with van der Waals surface area (Å²) in [5.74, 6) is 2.84. The Morgan fingerprint density at radius 2 is 0.511 bits per heavy atom. The molecule has 0 spiro atoms. The molecule has 2 saturated heterocycles. The summed E-state index contributed by atoms with van der Waals surface area (Å²) < 4.78 is 26.9. The third-order valence-corrected chi connectivity index (χ3v) is 19.2. The number of benzene rings is 10. The van der Waals surface area contributed by atoms with Gasteiger partial charge in [0.25, 0.3) is 0 Å². The minimum Gasteiger partial charge on any atom is -0.427 e. The molecule has 0 aliphatic carbocycles. The van der Waals surface area contributed by atoms with Gasteiger partial charge in [0.1, 0.15) is 23.0 Å². The van der Waals surface area contributed by atoms with Crippen LogP contribution in [-0.4, -0.2) is 31.7 Å². The first kappa shape index (κ1) is 57.8. The maximum Gasteiger partial charge on any atom is 0.382 e. The Morgan fingerprint density at radius 1 is 0.307 bits per heavy atom. The van der Waals surface area contributed by atoms with Crippen LogP contribution in [0.15, 0.2) is 279 Å². The summed E-state index contributed by atoms with van der Waals surface area (Å²) in [7, 11) is -3.19. The summed E-state index contributed by atoms with van der Waals surface area (Å²) in [6, 6.07) is 92.4. The lowest BCUT2D eigenvalue weighted by Gasteiger charge is -2.29. The van der Waals surface area contributed by atoms with E-state index >= 15 is 0 Å². The number of hydrogen-bond donors (Lipinski definition) is 2. The van der Waals surface area contributed by atoms with Crippen molar-refractivity contribution in [1.29, 1.82) is 0 Å². The van der Waals surface area contributed by atoms with E-state index in [1.165, 1.54) is 0 Å². The fourth-order valence-corrected chi connectivity index (χ4v) is 14.9. The first-order chi connectivity index (χ1) is 43.3. The predicted octanol–water partition coefficient (Wildman–Crippen LogP) is 17.9. The molecule has 10 aromatic rings. The number of nitrogens with zero attached hydrogens (tertiary/aromatic N) is 4. The lowest BCUT2D eigenvalue weighted by atomic mass is 9.91. The van der Waals surface area contributed by atoms with Crippen LogP contribution in [0.3, 0.4) is 0 Å². The van der Waals surface area contributed by atoms with E-state index in [0.717, 1.165) is 55.6 Å². The molecule has 4 amide bonds. The Hall–Kier alpha value is -9.28. The van der Waals surface area contributed by atoms with Gasteiger partial charge < -0.3 is 37.7 Å². The molecule has 2 N–H and O–H groups in total. The molecule has 4 aliphatic rings. The van der Waals surface area contributed by atoms with E-state index in [1.807, 2.05) is 202 Å². The lowest BCUT2D eigenvalue weighted by molar-refractivity contribution is 0.180. The fourth-order valence-electron chi connectivity index (χ4n) is 12.3. The number of hydrogen-bond acceptors (Lipinski definition) is 8. The summed E-state index contributed by atoms with van der Waals surface area (Å²) in [6.45, 7) is 6.13. The van der Waals surface area contributed by atoms with Crippen LogP contribution in [0.4, 0.5) is 9.59 Å². The van der Waals surface area contributed by atoms with Gasteiger partial charge in [0.05, 0.1) is 24.2 Å². The van der Waals surface area contributed by atoms with Crippen molar-refractivity contribution in [3.63, 3.8) is 0 Å². The molecular formula is C74H68N6O6P2. The van der Waals surface area contributed by atoms with Crippen LogP contribution in [0.25, 0.3) is 0 Å². The Labute approximate surface area is 517 Å². The molecule has 88 heavy (non-hydrogen) atoms. The standard InChI is InChI=1S/2C37H34N3O3P/c2*1-27(30-19-9-4-10-20-30)38-44-42-33-23-13-11-21-31(33)35-36(32-22-12-14-24-34(32)43-44)40(26-29-17-7-3-8-18-29)37(41)39(35)25-28-15-5-2-6-16-28/h2*2-24,27,35-36,38H,25-26H2,1H3/t2*27-,35+,36+/m11/s1. The molecule has 0 unspecified atom stereocenters. The second kappa shape index (κ2) is 26.8. The van der Waals surface area contributed by atoms with E-state index in [4.69, 9.17) is 18.1 Å². The van der Waals surface area contributed by atoms with E-state index in [2.05, 4.69) is 121 Å². The third kappa shape index (κ3) is 12.6. The summed E-state index contributed by atoms with van der Waals surface area (Å²) in [5.41, 5.74) is 10.4. The Bertz CT molecular complexity index is 3490. The van der Waals surface area contributed by atoms with E-state index in [0.29, 0.717) is 49.2 Å². The molecule has 4 aliphatic heterocycles. The number of rotatable bonds is 14. The van der Waals surface area contributed by atoms with Gasteiger partial charge >= 0.3 is 29.1 Å². The molecule has 0 saturated carbocycles. The smallest absolute Gasteiger partial charge is 0.382 e. The molecule has 0 aromatic heterocycles. The summed E-state index contributed by atoms with van der Waals surface area (Å²) >= 11 is 0. The lowest BCUT2D eigenvalue weighted by Crippen LogP contribution is -2.32. The molecule has 2 fully saturated rings. The first-order valence-corrected chi connectivity index (χ1v) is 32.3. The van der Waals surface area contributed by atoms with E-state index in [-0.39, 0.29) is 48.3 Å². The van der Waals surface area contributed by atoms with Crippen LogP contribution in [0.2, 0.25) is 0 Å². The summed E-state index contributed by atoms with van der Waals surface area (Å²) in [4.78, 5) is 37.1. The topological polar surface area (TPSA) is 108 Å². The second-order valence-corrected chi connectivity index (χ2v) is 24.6. The van der Waals surface area contributed by atoms with E-state index in [1.54, 1.807) is 0 Å². The van der Waals surface area contributed by atoms with Crippen molar-refractivity contribution in [1.82, 2.24) is 29.8 Å². The molecular weight excluding hydrogens is 1130 g/mol. The fraction of sp³-hybridized carbons (Fsp3) is 0.162. The monoisotopic (exact) mass is 1200 g/mol. The maximum absolute atomic E-state index is 14.5. The quantitative estimate of drug-likeness (QED) is 0.104. The average molecular weight is 1200 g/mol. The highest BCUT2D eigenvalue weighted by Crippen LogP contribution is 2.57. The van der Waals surface area contributed by atoms with Crippen LogP contribution in [0.5, 0.6) is 23.0 Å². The molecule has 0 bridgehead atoms. The van der Waals surface area contributed by atoms with Crippen LogP contribution in [-0.2, 0) is 26.2 Å². The SMILES string of the molecule is C[C@@H](NP1Oc2ccccc2[C@H]2[C@H](c3ccccc3O1)N(Cc1ccccc1)C(=O)N2Cc1ccccc1)c1ccccc1.C[C@@H](NP1Oc2ccccc2[C@H]2[C@H](c3ccccc3O1)N(Cc1ccccc1)C(=O)N2Cc1ccccc1)c1ccccc1. The molecule has 12 nitrogen and oxygen atoms in total. The summed E-state index contributed by atoms with van der Waals surface area (Å²) in [6.07, 6.45) is 0. The molecule has 4 heterocycles. The second-order valence-electron chi connectivity index (χ2n) is 22.4. The van der Waals surface area contributed by atoms with Gasteiger partial charge in [-0.3, -0.25) is 0 Å². The zero-order valence-electron chi connectivity index (χ0n) is 49.0. The Morgan fingerprint density at radius 3 is 0.750 bits per heavy atom. The Kier molecular flexibility index (Phi) is 17.6. The number of fused-ring (bicyclic) bond motifs is 10. The van der Waals surface area contributed by atoms with Gasteiger partial charge in [-0.2, -0.15) is 0 Å². The van der Waals surface area contributed by atoms with Crippen molar-refractivity contribution < 1.29 is 27.7 Å². The minimum atomic E-state index is -1.60. The molecule has 14 heteroatoms. The predicted molar refractivity (Wildman–Crippen MR) is 348 cm³/mol. The van der Waals surface area contributed by atoms with Gasteiger partial charge in [-0.15, -0.1) is 0 Å². The molecule has 10 aromatic carbocycles. The number of carbonyl (C=O) groups excluding carboxylic acids is 2. The maximum atomic E-state index is 14.5. The van der Waals surface area contributed by atoms with Crippen LogP contribution >= 0.6 is 17.1 Å². The number of para-hydroxylation sites is 4. The van der Waals surface area contributed by atoms with Crippen LogP contribution in [0, 0.1) is 0 Å². The van der Waals surface area contributed by atoms with Gasteiger partial charge in [0.15, 0.2) is 0 Å². The van der Waals surface area contributed by atoms with Crippen molar-refractivity contribution in [2.75, 3.05) is 0 Å². The molecule has 0 radical (unpaired) electrons. The van der Waals surface area contributed by atoms with Crippen molar-refractivity contribution in [3.05, 3.63) is 335 Å². The van der Waals surface area contributed by atoms with Crippen molar-refractivity contribution in [2.45, 2.75) is 76.3 Å². The summed E-state index contributed by atoms with van der Waals surface area (Å²) in [5, 5.41) is 7.23. The highest BCUT2D eigenvalue weighted by Gasteiger charge is 2.52. The number of nitrogens with one attached hydrogen (secondary N) is 2. The first-order valence-electron chi connectivity index (χ1n) is 29.9. The van der Waals surface area contributed by atoms with Crippen molar-refractivity contribution in [2.24, 2.45) is 0 Å². The zero-order chi connectivity index (χ0) is 59.8. The Balaban J connectivity index is 0.000000162. The largest absolute Gasteiger partial charge is 0.427 e. The van der Waals surface area contributed by atoms with Crippen molar-refractivity contribution >= 4 is 29.1 Å². The zero-order valence-corrected chi connectivity index (χ0v) is 50.8. The average Bonchev–Trinajstić information content (AvgIpc) is 1.72. The van der Waals surface area contributed by atoms with Crippen molar-refractivity contribution in [3.8, 4) is 23.0 Å². The number of amides is 4. The third-order valence-electron chi connectivity index (χ3n) is 16.6. The number of carbonyl (C=O) groups is 2. The number of urea groups is 2. The van der Waals surface area contributed by atoms with E-state index in [9.17, 15) is 9.59 Å². The van der Waals surface area contributed by atoms with Gasteiger partial charge in [0.2, 0.25) is 0 Å². The van der Waals surface area contributed by atoms with Gasteiger partial charge in [-0.25, -0.2) is 19.8 Å². The van der Waals surface area contributed by atoms with Crippen LogP contribution in [0.1, 0.15) is 106 Å². The normalized spacial score (nSPS) is 18.5. The van der Waals surface area contributed by atoms with Gasteiger partial charge in [-0.1, -0.05) is 255 Å². The van der Waals surface area contributed by atoms with Crippen LogP contribution < -0.4 is 28.3 Å². The molecule has 6 atom stereocenters. The van der Waals surface area contributed by atoms with Gasteiger partial charge in [0, 0.05) is 60.5 Å². The van der Waals surface area contributed by atoms with Gasteiger partial charge in [-0.05, 0) is 71.5 Å². The van der Waals surface area contributed by atoms with E-state index < -0.39 is 17.1 Å².